The highest BCUT2D eigenvalue weighted by atomic mass is 16.3. The number of aliphatic hydroxyl groups excluding tert-OH is 1. The lowest BCUT2D eigenvalue weighted by molar-refractivity contribution is 0.416. The van der Waals surface area contributed by atoms with Crippen molar-refractivity contribution >= 4 is 6.21 Å². The van der Waals surface area contributed by atoms with Crippen LogP contribution >= 0.6 is 0 Å². The van der Waals surface area contributed by atoms with Crippen LogP contribution in [0.2, 0.25) is 0 Å². The average molecular weight is 215 g/mol. The van der Waals surface area contributed by atoms with E-state index in [9.17, 15) is 10.2 Å². The van der Waals surface area contributed by atoms with Crippen LogP contribution in [-0.4, -0.2) is 16.4 Å². The number of aliphatic imine (C=N–C) groups is 1. The third-order valence-corrected chi connectivity index (χ3v) is 2.38. The number of hydrogen-bond acceptors (Lipinski definition) is 3. The van der Waals surface area contributed by atoms with Crippen LogP contribution in [0.4, 0.5) is 0 Å². The van der Waals surface area contributed by atoms with Gasteiger partial charge in [-0.2, -0.15) is 0 Å². The fourth-order valence-electron chi connectivity index (χ4n) is 1.50. The molecule has 1 aromatic rings. The topological polar surface area (TPSA) is 52.8 Å². The molecule has 2 N–H and O–H groups in total. The minimum absolute atomic E-state index is 0.186. The lowest BCUT2D eigenvalue weighted by Crippen LogP contribution is -1.92. The van der Waals surface area contributed by atoms with Crippen molar-refractivity contribution in [2.75, 3.05) is 0 Å². The van der Waals surface area contributed by atoms with Gasteiger partial charge in [0, 0.05) is 11.8 Å². The van der Waals surface area contributed by atoms with Crippen LogP contribution in [0.25, 0.3) is 0 Å². The third-order valence-electron chi connectivity index (χ3n) is 2.38. The molecule has 0 spiro atoms. The summed E-state index contributed by atoms with van der Waals surface area (Å²) >= 11 is 0. The van der Waals surface area contributed by atoms with Crippen molar-refractivity contribution in [2.24, 2.45) is 4.99 Å². The van der Waals surface area contributed by atoms with Crippen molar-refractivity contribution in [1.82, 2.24) is 0 Å². The summed E-state index contributed by atoms with van der Waals surface area (Å²) in [6.07, 6.45) is 6.92. The SMILES string of the molecule is OC1=CCCC=C1/N=C/c1ccccc1O. The first-order valence-corrected chi connectivity index (χ1v) is 5.19. The highest BCUT2D eigenvalue weighted by Crippen LogP contribution is 2.18. The van der Waals surface area contributed by atoms with Gasteiger partial charge in [0.2, 0.25) is 0 Å². The summed E-state index contributed by atoms with van der Waals surface area (Å²) in [6, 6.07) is 6.95. The van der Waals surface area contributed by atoms with Crippen LogP contribution in [0.3, 0.4) is 0 Å². The van der Waals surface area contributed by atoms with E-state index >= 15 is 0 Å². The van der Waals surface area contributed by atoms with E-state index in [0.717, 1.165) is 12.8 Å². The first-order valence-electron chi connectivity index (χ1n) is 5.19. The molecular formula is C13H13NO2. The molecule has 0 fully saturated rings. The molecule has 0 heterocycles. The highest BCUT2D eigenvalue weighted by Gasteiger charge is 2.05. The Morgan fingerprint density at radius 3 is 2.56 bits per heavy atom. The molecule has 0 aromatic heterocycles. The Balaban J connectivity index is 2.19. The molecule has 0 saturated heterocycles. The van der Waals surface area contributed by atoms with E-state index in [-0.39, 0.29) is 11.5 Å². The minimum atomic E-state index is 0.186. The summed E-state index contributed by atoms with van der Waals surface area (Å²) in [5, 5.41) is 19.1. The number of aromatic hydroxyl groups is 1. The Kier molecular flexibility index (Phi) is 3.05. The molecule has 3 heteroatoms. The molecule has 3 nitrogen and oxygen atoms in total. The number of hydrogen-bond donors (Lipinski definition) is 2. The molecule has 0 saturated carbocycles. The smallest absolute Gasteiger partial charge is 0.136 e. The van der Waals surface area contributed by atoms with Crippen LogP contribution < -0.4 is 0 Å². The van der Waals surface area contributed by atoms with E-state index in [1.807, 2.05) is 12.1 Å². The summed E-state index contributed by atoms with van der Waals surface area (Å²) in [5.41, 5.74) is 1.20. The summed E-state index contributed by atoms with van der Waals surface area (Å²) in [5.74, 6) is 0.393. The van der Waals surface area contributed by atoms with E-state index in [2.05, 4.69) is 4.99 Å². The van der Waals surface area contributed by atoms with Crippen LogP contribution in [0, 0.1) is 0 Å². The van der Waals surface area contributed by atoms with Gasteiger partial charge in [-0.3, -0.25) is 4.99 Å². The third kappa shape index (κ3) is 2.31. The molecule has 0 amide bonds. The van der Waals surface area contributed by atoms with Gasteiger partial charge in [-0.15, -0.1) is 0 Å². The quantitative estimate of drug-likeness (QED) is 0.745. The number of allylic oxidation sites excluding steroid dienone is 2. The second-order valence-corrected chi connectivity index (χ2v) is 3.57. The van der Waals surface area contributed by atoms with E-state index in [1.165, 1.54) is 0 Å². The zero-order valence-electron chi connectivity index (χ0n) is 8.80. The van der Waals surface area contributed by atoms with Gasteiger partial charge in [-0.25, -0.2) is 0 Å². The van der Waals surface area contributed by atoms with Crippen LogP contribution in [0.5, 0.6) is 5.75 Å². The zero-order chi connectivity index (χ0) is 11.4. The monoisotopic (exact) mass is 215 g/mol. The van der Waals surface area contributed by atoms with E-state index in [0.29, 0.717) is 11.3 Å². The van der Waals surface area contributed by atoms with Gasteiger partial charge >= 0.3 is 0 Å². The number of nitrogens with zero attached hydrogens (tertiary/aromatic N) is 1. The van der Waals surface area contributed by atoms with Crippen molar-refractivity contribution in [3.63, 3.8) is 0 Å². The van der Waals surface area contributed by atoms with Crippen LogP contribution in [0.1, 0.15) is 18.4 Å². The zero-order valence-corrected chi connectivity index (χ0v) is 8.80. The molecule has 0 atom stereocenters. The molecule has 1 aliphatic rings. The number of phenols is 1. The van der Waals surface area contributed by atoms with E-state index < -0.39 is 0 Å². The molecule has 2 rings (SSSR count). The Morgan fingerprint density at radius 2 is 1.81 bits per heavy atom. The predicted molar refractivity (Wildman–Crippen MR) is 63.7 cm³/mol. The van der Waals surface area contributed by atoms with Crippen molar-refractivity contribution in [2.45, 2.75) is 12.8 Å². The maximum atomic E-state index is 9.53. The summed E-state index contributed by atoms with van der Waals surface area (Å²) in [7, 11) is 0. The summed E-state index contributed by atoms with van der Waals surface area (Å²) in [6.45, 7) is 0. The summed E-state index contributed by atoms with van der Waals surface area (Å²) < 4.78 is 0. The number of phenolic OH excluding ortho intramolecular Hbond substituents is 1. The lowest BCUT2D eigenvalue weighted by atomic mass is 10.1. The van der Waals surface area contributed by atoms with Crippen molar-refractivity contribution in [1.29, 1.82) is 0 Å². The Hall–Kier alpha value is -2.03. The standard InChI is InChI=1S/C13H13NO2/c15-12-7-3-1-5-10(12)9-14-11-6-2-4-8-13(11)16/h1,3,5-9,15-16H,2,4H2/b14-9+. The van der Waals surface area contributed by atoms with E-state index in [4.69, 9.17) is 0 Å². The minimum Gasteiger partial charge on any atom is -0.507 e. The fourth-order valence-corrected chi connectivity index (χ4v) is 1.50. The van der Waals surface area contributed by atoms with Gasteiger partial charge in [0.15, 0.2) is 0 Å². The van der Waals surface area contributed by atoms with Gasteiger partial charge in [0.1, 0.15) is 17.2 Å². The number of benzene rings is 1. The Bertz CT molecular complexity index is 473. The first kappa shape index (κ1) is 10.5. The number of rotatable bonds is 2. The largest absolute Gasteiger partial charge is 0.507 e. The molecular weight excluding hydrogens is 202 g/mol. The second-order valence-electron chi connectivity index (χ2n) is 3.57. The van der Waals surface area contributed by atoms with Gasteiger partial charge in [0.25, 0.3) is 0 Å². The number of para-hydroxylation sites is 1. The lowest BCUT2D eigenvalue weighted by Gasteiger charge is -2.06. The normalized spacial score (nSPS) is 16.0. The fraction of sp³-hybridized carbons (Fsp3) is 0.154. The van der Waals surface area contributed by atoms with E-state index in [1.54, 1.807) is 30.5 Å². The molecule has 1 aromatic carbocycles. The molecule has 1 aliphatic carbocycles. The molecule has 82 valence electrons. The van der Waals surface area contributed by atoms with Crippen molar-refractivity contribution < 1.29 is 10.2 Å². The average Bonchev–Trinajstić information content (AvgIpc) is 2.30. The Labute approximate surface area is 94.1 Å². The first-order chi connectivity index (χ1) is 7.77. The van der Waals surface area contributed by atoms with Gasteiger partial charge < -0.3 is 10.2 Å². The van der Waals surface area contributed by atoms with Crippen molar-refractivity contribution in [3.8, 4) is 5.75 Å². The van der Waals surface area contributed by atoms with Gasteiger partial charge in [-0.05, 0) is 31.1 Å². The van der Waals surface area contributed by atoms with Crippen molar-refractivity contribution in [3.05, 3.63) is 53.4 Å². The van der Waals surface area contributed by atoms with Gasteiger partial charge in [-0.1, -0.05) is 18.2 Å². The molecule has 0 aliphatic heterocycles. The molecule has 0 unspecified atom stereocenters. The highest BCUT2D eigenvalue weighted by molar-refractivity contribution is 5.84. The van der Waals surface area contributed by atoms with Crippen LogP contribution in [-0.2, 0) is 0 Å². The summed E-state index contributed by atoms with van der Waals surface area (Å²) in [4.78, 5) is 4.15. The predicted octanol–water partition coefficient (Wildman–Crippen LogP) is 2.93. The molecule has 0 radical (unpaired) electrons. The molecule has 0 bridgehead atoms. The number of aliphatic hydroxyl groups is 1. The maximum Gasteiger partial charge on any atom is 0.136 e. The maximum absolute atomic E-state index is 9.53. The van der Waals surface area contributed by atoms with Gasteiger partial charge in [0.05, 0.1) is 0 Å². The molecule has 16 heavy (non-hydrogen) atoms. The van der Waals surface area contributed by atoms with Crippen LogP contribution in [0.15, 0.2) is 52.9 Å². The second kappa shape index (κ2) is 4.66. The Morgan fingerprint density at radius 1 is 1.06 bits per heavy atom.